The van der Waals surface area contributed by atoms with Crippen molar-refractivity contribution in [3.63, 3.8) is 0 Å². The van der Waals surface area contributed by atoms with Gasteiger partial charge in [0.05, 0.1) is 0 Å². The van der Waals surface area contributed by atoms with E-state index in [0.29, 0.717) is 18.5 Å². The second kappa shape index (κ2) is 16.8. The molecule has 0 saturated carbocycles. The third-order valence-electron chi connectivity index (χ3n) is 6.36. The Labute approximate surface area is 234 Å². The molecule has 4 N–H and O–H groups in total. The topological polar surface area (TPSA) is 131 Å². The Bertz CT molecular complexity index is 944. The van der Waals surface area contributed by atoms with Crippen LogP contribution in [-0.4, -0.2) is 52.9 Å². The van der Waals surface area contributed by atoms with Crippen LogP contribution in [-0.2, 0) is 19.1 Å². The summed E-state index contributed by atoms with van der Waals surface area (Å²) in [7, 11) is 0. The van der Waals surface area contributed by atoms with Crippen molar-refractivity contribution in [2.45, 2.75) is 124 Å². The number of hydrogen-bond donors (Lipinski definition) is 3. The van der Waals surface area contributed by atoms with Crippen molar-refractivity contribution >= 4 is 23.8 Å². The van der Waals surface area contributed by atoms with Gasteiger partial charge in [-0.25, -0.2) is 4.79 Å². The molecule has 0 heterocycles. The maximum Gasteiger partial charge on any atom is 0.408 e. The molecular weight excluding hydrogens is 496 g/mol. The van der Waals surface area contributed by atoms with Gasteiger partial charge in [0.2, 0.25) is 17.7 Å². The smallest absolute Gasteiger partial charge is 0.408 e. The Morgan fingerprint density at radius 3 is 2.21 bits per heavy atom. The number of ether oxygens (including phenoxy) is 1. The molecule has 0 spiro atoms. The molecule has 4 amide bonds. The van der Waals surface area contributed by atoms with Gasteiger partial charge in [-0.1, -0.05) is 63.8 Å². The van der Waals surface area contributed by atoms with E-state index >= 15 is 0 Å². The lowest BCUT2D eigenvalue weighted by Gasteiger charge is -2.35. The molecule has 0 fully saturated rings. The van der Waals surface area contributed by atoms with Crippen molar-refractivity contribution < 1.29 is 23.9 Å². The van der Waals surface area contributed by atoms with Gasteiger partial charge in [0, 0.05) is 19.0 Å². The average molecular weight is 547 g/mol. The van der Waals surface area contributed by atoms with Gasteiger partial charge in [-0.2, -0.15) is 0 Å². The van der Waals surface area contributed by atoms with Crippen LogP contribution in [0.15, 0.2) is 24.3 Å². The largest absolute Gasteiger partial charge is 0.444 e. The first kappa shape index (κ1) is 33.9. The molecule has 1 aromatic carbocycles. The molecule has 0 aliphatic carbocycles. The van der Waals surface area contributed by atoms with Crippen molar-refractivity contribution in [2.24, 2.45) is 5.73 Å². The van der Waals surface area contributed by atoms with E-state index in [0.717, 1.165) is 37.7 Å². The lowest BCUT2D eigenvalue weighted by molar-refractivity contribution is -0.143. The first-order valence-corrected chi connectivity index (χ1v) is 14.2. The lowest BCUT2D eigenvalue weighted by Crippen LogP contribution is -2.54. The Morgan fingerprint density at radius 1 is 0.974 bits per heavy atom. The number of amides is 4. The number of nitrogens with one attached hydrogen (secondary N) is 2. The van der Waals surface area contributed by atoms with Crippen molar-refractivity contribution in [3.05, 3.63) is 35.4 Å². The Morgan fingerprint density at radius 2 is 1.64 bits per heavy atom. The molecule has 9 nitrogen and oxygen atoms in total. The van der Waals surface area contributed by atoms with Crippen molar-refractivity contribution in [2.75, 3.05) is 6.54 Å². The van der Waals surface area contributed by atoms with E-state index in [9.17, 15) is 19.2 Å². The summed E-state index contributed by atoms with van der Waals surface area (Å²) in [5.41, 5.74) is 6.21. The van der Waals surface area contributed by atoms with E-state index in [1.807, 2.05) is 38.1 Å². The standard InChI is InChI=1S/C30H50N4O5/c1-8-10-11-14-20-34(28(37)24(18-19-25(31)35)33-29(38)39-30(5,6)7)26(23-17-13-12-16-21(23)3)27(36)32-22(4)15-9-2/h12-13,16-17,22,24,26H,8-11,14-15,18-20H2,1-7H3,(H2,31,35)(H,32,36)(H,33,38). The van der Waals surface area contributed by atoms with Gasteiger partial charge in [0.15, 0.2) is 0 Å². The first-order valence-electron chi connectivity index (χ1n) is 14.2. The number of rotatable bonds is 16. The number of primary amides is 1. The molecule has 3 unspecified atom stereocenters. The normalized spacial score (nSPS) is 13.6. The fraction of sp³-hybridized carbons (Fsp3) is 0.667. The zero-order valence-electron chi connectivity index (χ0n) is 25.0. The summed E-state index contributed by atoms with van der Waals surface area (Å²) in [4.78, 5) is 53.9. The predicted octanol–water partition coefficient (Wildman–Crippen LogP) is 4.91. The van der Waals surface area contributed by atoms with Crippen LogP contribution in [0.3, 0.4) is 0 Å². The van der Waals surface area contributed by atoms with Gasteiger partial charge in [-0.15, -0.1) is 0 Å². The van der Waals surface area contributed by atoms with Gasteiger partial charge in [-0.05, 0) is 65.0 Å². The van der Waals surface area contributed by atoms with Crippen LogP contribution in [0.4, 0.5) is 4.79 Å². The second-order valence-electron chi connectivity index (χ2n) is 11.3. The molecule has 1 rings (SSSR count). The molecule has 0 radical (unpaired) electrons. The van der Waals surface area contributed by atoms with Crippen LogP contribution in [0.5, 0.6) is 0 Å². The van der Waals surface area contributed by atoms with E-state index in [1.165, 1.54) is 0 Å². The van der Waals surface area contributed by atoms with Crippen molar-refractivity contribution in [1.29, 1.82) is 0 Å². The molecule has 3 atom stereocenters. The van der Waals surface area contributed by atoms with E-state index < -0.39 is 35.6 Å². The third-order valence-corrected chi connectivity index (χ3v) is 6.36. The van der Waals surface area contributed by atoms with Crippen LogP contribution < -0.4 is 16.4 Å². The number of alkyl carbamates (subject to hydrolysis) is 1. The molecule has 9 heteroatoms. The maximum absolute atomic E-state index is 14.2. The van der Waals surface area contributed by atoms with Crippen LogP contribution >= 0.6 is 0 Å². The van der Waals surface area contributed by atoms with Gasteiger partial charge in [-0.3, -0.25) is 14.4 Å². The molecule has 1 aromatic rings. The molecule has 39 heavy (non-hydrogen) atoms. The monoisotopic (exact) mass is 546 g/mol. The second-order valence-corrected chi connectivity index (χ2v) is 11.3. The minimum atomic E-state index is -1.09. The number of hydrogen-bond acceptors (Lipinski definition) is 5. The number of nitrogens with zero attached hydrogens (tertiary/aromatic N) is 1. The summed E-state index contributed by atoms with van der Waals surface area (Å²) in [6.07, 6.45) is 4.42. The van der Waals surface area contributed by atoms with Crippen LogP contribution in [0.1, 0.15) is 110 Å². The average Bonchev–Trinajstić information content (AvgIpc) is 2.83. The molecule has 0 bridgehead atoms. The SMILES string of the molecule is CCCCCCN(C(=O)C(CCC(N)=O)NC(=O)OC(C)(C)C)C(C(=O)NC(C)CCC)c1ccccc1C. The fourth-order valence-electron chi connectivity index (χ4n) is 4.44. The number of aryl methyl sites for hydroxylation is 1. The molecule has 220 valence electrons. The quantitative estimate of drug-likeness (QED) is 0.254. The number of nitrogens with two attached hydrogens (primary N) is 1. The van der Waals surface area contributed by atoms with Crippen LogP contribution in [0.2, 0.25) is 0 Å². The molecular formula is C30H50N4O5. The number of carbonyl (C=O) groups is 4. The fourth-order valence-corrected chi connectivity index (χ4v) is 4.44. The molecule has 0 aromatic heterocycles. The minimum absolute atomic E-state index is 0.00673. The maximum atomic E-state index is 14.2. The first-order chi connectivity index (χ1) is 18.3. The van der Waals surface area contributed by atoms with Gasteiger partial charge < -0.3 is 26.0 Å². The number of benzene rings is 1. The summed E-state index contributed by atoms with van der Waals surface area (Å²) in [5, 5.41) is 5.73. The Hall–Kier alpha value is -3.10. The highest BCUT2D eigenvalue weighted by molar-refractivity contribution is 5.92. The van der Waals surface area contributed by atoms with E-state index in [2.05, 4.69) is 24.5 Å². The van der Waals surface area contributed by atoms with Gasteiger partial charge in [0.1, 0.15) is 17.7 Å². The zero-order chi connectivity index (χ0) is 29.6. The summed E-state index contributed by atoms with van der Waals surface area (Å²) in [6.45, 7) is 13.5. The number of carbonyl (C=O) groups excluding carboxylic acids is 4. The van der Waals surface area contributed by atoms with Crippen LogP contribution in [0, 0.1) is 6.92 Å². The highest BCUT2D eigenvalue weighted by Gasteiger charge is 2.37. The van der Waals surface area contributed by atoms with Crippen LogP contribution in [0.25, 0.3) is 0 Å². The summed E-state index contributed by atoms with van der Waals surface area (Å²) in [5.74, 6) is -1.32. The Balaban J connectivity index is 3.53. The summed E-state index contributed by atoms with van der Waals surface area (Å²) in [6, 6.07) is 5.44. The minimum Gasteiger partial charge on any atom is -0.444 e. The van der Waals surface area contributed by atoms with E-state index in [1.54, 1.807) is 25.7 Å². The van der Waals surface area contributed by atoms with Crippen molar-refractivity contribution in [3.8, 4) is 0 Å². The van der Waals surface area contributed by atoms with Gasteiger partial charge in [0.25, 0.3) is 0 Å². The molecule has 0 aliphatic rings. The summed E-state index contributed by atoms with van der Waals surface area (Å²) >= 11 is 0. The predicted molar refractivity (Wildman–Crippen MR) is 154 cm³/mol. The summed E-state index contributed by atoms with van der Waals surface area (Å²) < 4.78 is 5.39. The zero-order valence-corrected chi connectivity index (χ0v) is 25.0. The lowest BCUT2D eigenvalue weighted by atomic mass is 9.96. The Kier molecular flexibility index (Phi) is 14.6. The number of unbranched alkanes of at least 4 members (excludes halogenated alkanes) is 3. The highest BCUT2D eigenvalue weighted by atomic mass is 16.6. The third kappa shape index (κ3) is 12.5. The highest BCUT2D eigenvalue weighted by Crippen LogP contribution is 2.27. The van der Waals surface area contributed by atoms with E-state index in [4.69, 9.17) is 10.5 Å². The molecule has 0 saturated heterocycles. The van der Waals surface area contributed by atoms with Gasteiger partial charge >= 0.3 is 6.09 Å². The van der Waals surface area contributed by atoms with Crippen molar-refractivity contribution in [1.82, 2.24) is 15.5 Å². The molecule has 0 aliphatic heterocycles. The van der Waals surface area contributed by atoms with E-state index in [-0.39, 0.29) is 24.8 Å².